The molecule has 1 unspecified atom stereocenters. The van der Waals surface area contributed by atoms with Gasteiger partial charge in [0.25, 0.3) is 0 Å². The van der Waals surface area contributed by atoms with Crippen molar-refractivity contribution in [1.82, 2.24) is 4.98 Å². The number of thiocarbonyl (C=S) groups is 1. The van der Waals surface area contributed by atoms with E-state index < -0.39 is 0 Å². The van der Waals surface area contributed by atoms with Gasteiger partial charge in [-0.2, -0.15) is 0 Å². The zero-order valence-corrected chi connectivity index (χ0v) is 9.63. The summed E-state index contributed by atoms with van der Waals surface area (Å²) >= 11 is 4.88. The fraction of sp³-hybridized carbons (Fsp3) is 0.455. The van der Waals surface area contributed by atoms with Crippen molar-refractivity contribution in [3.05, 3.63) is 23.9 Å². The summed E-state index contributed by atoms with van der Waals surface area (Å²) in [5.41, 5.74) is 6.35. The van der Waals surface area contributed by atoms with Gasteiger partial charge < -0.3 is 10.6 Å². The van der Waals surface area contributed by atoms with Gasteiger partial charge in [0.2, 0.25) is 0 Å². The first-order chi connectivity index (χ1) is 7.16. The van der Waals surface area contributed by atoms with Crippen LogP contribution in [0.3, 0.4) is 0 Å². The normalized spacial score (nSPS) is 20.6. The topological polar surface area (TPSA) is 42.1 Å². The van der Waals surface area contributed by atoms with E-state index in [0.29, 0.717) is 4.99 Å². The number of hydrogen-bond acceptors (Lipinski definition) is 3. The summed E-state index contributed by atoms with van der Waals surface area (Å²) in [5, 5.41) is 0. The van der Waals surface area contributed by atoms with Crippen molar-refractivity contribution in [3.63, 3.8) is 0 Å². The Hall–Kier alpha value is -1.16. The van der Waals surface area contributed by atoms with E-state index in [9.17, 15) is 0 Å². The molecule has 0 spiro atoms. The Kier molecular flexibility index (Phi) is 2.86. The van der Waals surface area contributed by atoms with E-state index in [-0.39, 0.29) is 0 Å². The fourth-order valence-corrected chi connectivity index (χ4v) is 1.98. The molecule has 2 rings (SSSR count). The second-order valence-electron chi connectivity index (χ2n) is 4.11. The van der Waals surface area contributed by atoms with Crippen LogP contribution >= 0.6 is 12.2 Å². The van der Waals surface area contributed by atoms with Crippen molar-refractivity contribution in [2.75, 3.05) is 18.0 Å². The van der Waals surface area contributed by atoms with Crippen LogP contribution in [0.5, 0.6) is 0 Å². The summed E-state index contributed by atoms with van der Waals surface area (Å²) in [4.78, 5) is 7.08. The number of nitrogens with two attached hydrogens (primary N) is 1. The van der Waals surface area contributed by atoms with Gasteiger partial charge in [-0.1, -0.05) is 19.1 Å². The third-order valence-electron chi connectivity index (χ3n) is 2.78. The molecule has 0 aromatic carbocycles. The Morgan fingerprint density at radius 3 is 2.87 bits per heavy atom. The highest BCUT2D eigenvalue weighted by molar-refractivity contribution is 7.80. The van der Waals surface area contributed by atoms with Crippen LogP contribution < -0.4 is 10.6 Å². The van der Waals surface area contributed by atoms with Crippen molar-refractivity contribution in [3.8, 4) is 0 Å². The third kappa shape index (κ3) is 2.26. The van der Waals surface area contributed by atoms with Crippen molar-refractivity contribution < 1.29 is 0 Å². The monoisotopic (exact) mass is 221 g/mol. The molecule has 1 aromatic heterocycles. The lowest BCUT2D eigenvalue weighted by molar-refractivity contribution is 0.659. The molecule has 0 amide bonds. The van der Waals surface area contributed by atoms with E-state index in [4.69, 9.17) is 18.0 Å². The molecule has 2 heterocycles. The van der Waals surface area contributed by atoms with Gasteiger partial charge in [0.1, 0.15) is 10.8 Å². The summed E-state index contributed by atoms with van der Waals surface area (Å²) < 4.78 is 0. The smallest absolute Gasteiger partial charge is 0.128 e. The number of aromatic nitrogens is 1. The predicted octanol–water partition coefficient (Wildman–Crippen LogP) is 1.56. The van der Waals surface area contributed by atoms with Crippen LogP contribution in [0.25, 0.3) is 0 Å². The number of hydrogen-bond donors (Lipinski definition) is 1. The van der Waals surface area contributed by atoms with Gasteiger partial charge in [-0.05, 0) is 24.5 Å². The minimum atomic E-state index is 0.406. The first-order valence-corrected chi connectivity index (χ1v) is 5.58. The summed E-state index contributed by atoms with van der Waals surface area (Å²) in [6, 6.07) is 3.93. The summed E-state index contributed by atoms with van der Waals surface area (Å²) in [5.74, 6) is 1.79. The Labute approximate surface area is 95.3 Å². The Morgan fingerprint density at radius 1 is 1.60 bits per heavy atom. The number of pyridine rings is 1. The molecule has 15 heavy (non-hydrogen) atoms. The standard InChI is InChI=1S/C11H15N3S/c1-8-4-5-14(7-8)10-3-2-9(6-13-10)11(12)15/h2-3,6,8H,4-5,7H2,1H3,(H2,12,15). The van der Waals surface area contributed by atoms with Crippen molar-refractivity contribution in [2.24, 2.45) is 11.7 Å². The van der Waals surface area contributed by atoms with E-state index in [2.05, 4.69) is 16.8 Å². The molecule has 1 aromatic rings. The van der Waals surface area contributed by atoms with Gasteiger partial charge in [-0.3, -0.25) is 0 Å². The zero-order valence-electron chi connectivity index (χ0n) is 8.81. The SMILES string of the molecule is CC1CCN(c2ccc(C(N)=S)cn2)C1. The summed E-state index contributed by atoms with van der Waals surface area (Å²) in [7, 11) is 0. The maximum absolute atomic E-state index is 5.52. The van der Waals surface area contributed by atoms with Crippen LogP contribution in [-0.2, 0) is 0 Å². The summed E-state index contributed by atoms with van der Waals surface area (Å²) in [6.45, 7) is 4.46. The lowest BCUT2D eigenvalue weighted by atomic mass is 10.2. The third-order valence-corrected chi connectivity index (χ3v) is 3.02. The highest BCUT2D eigenvalue weighted by Crippen LogP contribution is 2.21. The fourth-order valence-electron chi connectivity index (χ4n) is 1.86. The molecule has 3 nitrogen and oxygen atoms in total. The number of rotatable bonds is 2. The van der Waals surface area contributed by atoms with Gasteiger partial charge in [-0.15, -0.1) is 0 Å². The summed E-state index contributed by atoms with van der Waals surface area (Å²) in [6.07, 6.45) is 3.00. The lowest BCUT2D eigenvalue weighted by Crippen LogP contribution is -2.20. The molecular weight excluding hydrogens is 206 g/mol. The molecule has 2 N–H and O–H groups in total. The molecule has 1 fully saturated rings. The van der Waals surface area contributed by atoms with Crippen molar-refractivity contribution >= 4 is 23.0 Å². The molecule has 1 atom stereocenters. The van der Waals surface area contributed by atoms with Crippen LogP contribution in [0.1, 0.15) is 18.9 Å². The number of nitrogens with zero attached hydrogens (tertiary/aromatic N) is 2. The van der Waals surface area contributed by atoms with Crippen LogP contribution in [0.4, 0.5) is 5.82 Å². The Balaban J connectivity index is 2.13. The number of anilines is 1. The average Bonchev–Trinajstić information content (AvgIpc) is 2.65. The van der Waals surface area contributed by atoms with Crippen LogP contribution in [0.2, 0.25) is 0 Å². The Bertz CT molecular complexity index is 361. The molecular formula is C11H15N3S. The van der Waals surface area contributed by atoms with E-state index >= 15 is 0 Å². The molecule has 1 aliphatic rings. The largest absolute Gasteiger partial charge is 0.389 e. The van der Waals surface area contributed by atoms with Crippen LogP contribution in [-0.4, -0.2) is 23.1 Å². The average molecular weight is 221 g/mol. The van der Waals surface area contributed by atoms with Crippen LogP contribution in [0, 0.1) is 5.92 Å². The lowest BCUT2D eigenvalue weighted by Gasteiger charge is -2.16. The van der Waals surface area contributed by atoms with Crippen molar-refractivity contribution in [2.45, 2.75) is 13.3 Å². The minimum absolute atomic E-state index is 0.406. The molecule has 80 valence electrons. The zero-order chi connectivity index (χ0) is 10.8. The highest BCUT2D eigenvalue weighted by atomic mass is 32.1. The molecule has 4 heteroatoms. The molecule has 0 radical (unpaired) electrons. The first kappa shape index (κ1) is 10.4. The maximum atomic E-state index is 5.52. The maximum Gasteiger partial charge on any atom is 0.128 e. The van der Waals surface area contributed by atoms with Gasteiger partial charge in [0.15, 0.2) is 0 Å². The second-order valence-corrected chi connectivity index (χ2v) is 4.55. The quantitative estimate of drug-likeness (QED) is 0.770. The van der Waals surface area contributed by atoms with E-state index in [1.165, 1.54) is 6.42 Å². The van der Waals surface area contributed by atoms with Crippen LogP contribution in [0.15, 0.2) is 18.3 Å². The van der Waals surface area contributed by atoms with Gasteiger partial charge in [0.05, 0.1) is 0 Å². The van der Waals surface area contributed by atoms with Crippen molar-refractivity contribution in [1.29, 1.82) is 0 Å². The van der Waals surface area contributed by atoms with Gasteiger partial charge in [0, 0.05) is 24.8 Å². The second kappa shape index (κ2) is 4.14. The van der Waals surface area contributed by atoms with E-state index in [1.807, 2.05) is 12.1 Å². The first-order valence-electron chi connectivity index (χ1n) is 5.17. The van der Waals surface area contributed by atoms with Gasteiger partial charge in [-0.25, -0.2) is 4.98 Å². The highest BCUT2D eigenvalue weighted by Gasteiger charge is 2.19. The van der Waals surface area contributed by atoms with E-state index in [0.717, 1.165) is 30.4 Å². The van der Waals surface area contributed by atoms with Gasteiger partial charge >= 0.3 is 0 Å². The Morgan fingerprint density at radius 2 is 2.40 bits per heavy atom. The molecule has 1 aliphatic heterocycles. The predicted molar refractivity (Wildman–Crippen MR) is 66.1 cm³/mol. The molecule has 0 bridgehead atoms. The molecule has 0 aliphatic carbocycles. The van der Waals surface area contributed by atoms with E-state index in [1.54, 1.807) is 6.20 Å². The minimum Gasteiger partial charge on any atom is -0.389 e. The molecule has 0 saturated carbocycles. The molecule has 1 saturated heterocycles.